The molecule has 0 radical (unpaired) electrons. The first-order chi connectivity index (χ1) is 14.5. The molecule has 2 aromatic carbocycles. The van der Waals surface area contributed by atoms with Crippen molar-refractivity contribution in [2.24, 2.45) is 5.92 Å². The number of nitrogens with one attached hydrogen (secondary N) is 1. The van der Waals surface area contributed by atoms with Crippen LogP contribution in [-0.4, -0.2) is 38.3 Å². The minimum Gasteiger partial charge on any atom is -0.355 e. The fourth-order valence-electron chi connectivity index (χ4n) is 4.21. The highest BCUT2D eigenvalue weighted by atomic mass is 32.2. The summed E-state index contributed by atoms with van der Waals surface area (Å²) in [5.74, 6) is -0.136. The van der Waals surface area contributed by atoms with Crippen molar-refractivity contribution in [3.63, 3.8) is 0 Å². The molecule has 1 heterocycles. The minimum atomic E-state index is -3.53. The number of rotatable bonds is 6. The Morgan fingerprint density at radius 1 is 1.03 bits per heavy atom. The van der Waals surface area contributed by atoms with E-state index in [1.54, 1.807) is 6.07 Å². The molecule has 1 aliphatic heterocycles. The second-order valence-electron chi connectivity index (χ2n) is 9.42. The lowest BCUT2D eigenvalue weighted by Crippen LogP contribution is -2.45. The Morgan fingerprint density at radius 2 is 1.68 bits per heavy atom. The molecule has 1 aliphatic rings. The average molecular weight is 443 g/mol. The molecule has 0 spiro atoms. The van der Waals surface area contributed by atoms with E-state index in [1.807, 2.05) is 32.0 Å². The Labute approximate surface area is 186 Å². The summed E-state index contributed by atoms with van der Waals surface area (Å²) in [4.78, 5) is 13.1. The third-order valence-corrected chi connectivity index (χ3v) is 8.34. The lowest BCUT2D eigenvalue weighted by Gasteiger charge is -2.32. The van der Waals surface area contributed by atoms with Crippen molar-refractivity contribution in [3.8, 4) is 0 Å². The maximum absolute atomic E-state index is 13.1. The molecular formula is C25H34N2O3S. The number of piperidine rings is 1. The number of hydrogen-bond donors (Lipinski definition) is 1. The fraction of sp³-hybridized carbons (Fsp3) is 0.480. The van der Waals surface area contributed by atoms with E-state index in [2.05, 4.69) is 44.3 Å². The zero-order chi connectivity index (χ0) is 22.8. The van der Waals surface area contributed by atoms with Gasteiger partial charge in [-0.3, -0.25) is 4.79 Å². The van der Waals surface area contributed by atoms with Gasteiger partial charge in [-0.15, -0.1) is 0 Å². The predicted molar refractivity (Wildman–Crippen MR) is 125 cm³/mol. The molecule has 2 aromatic rings. The van der Waals surface area contributed by atoms with Gasteiger partial charge in [0.1, 0.15) is 0 Å². The van der Waals surface area contributed by atoms with E-state index in [9.17, 15) is 13.2 Å². The van der Waals surface area contributed by atoms with Gasteiger partial charge < -0.3 is 5.32 Å². The highest BCUT2D eigenvalue weighted by molar-refractivity contribution is 7.89. The second-order valence-corrected chi connectivity index (χ2v) is 11.3. The molecule has 168 valence electrons. The first-order valence-electron chi connectivity index (χ1n) is 10.9. The van der Waals surface area contributed by atoms with Gasteiger partial charge in [-0.25, -0.2) is 8.42 Å². The molecule has 0 saturated carbocycles. The summed E-state index contributed by atoms with van der Waals surface area (Å²) < 4.78 is 27.6. The first kappa shape index (κ1) is 23.5. The lowest BCUT2D eigenvalue weighted by molar-refractivity contribution is -0.126. The molecule has 1 N–H and O–H groups in total. The van der Waals surface area contributed by atoms with Crippen molar-refractivity contribution in [3.05, 3.63) is 64.7 Å². The number of sulfonamides is 1. The van der Waals surface area contributed by atoms with Crippen LogP contribution in [0.4, 0.5) is 0 Å². The van der Waals surface area contributed by atoms with E-state index < -0.39 is 10.0 Å². The smallest absolute Gasteiger partial charge is 0.243 e. The Hall–Kier alpha value is -2.18. The molecule has 0 aliphatic carbocycles. The Bertz CT molecular complexity index is 1050. The van der Waals surface area contributed by atoms with Crippen molar-refractivity contribution in [2.45, 2.75) is 57.8 Å². The SMILES string of the molecule is Cc1cccc(C(C)(C)CNC(=O)C2CCN(S(=O)(=O)c3ccc(C)cc3C)CC2)c1. The molecule has 0 atom stereocenters. The fourth-order valence-corrected chi connectivity index (χ4v) is 5.88. The van der Waals surface area contributed by atoms with Crippen molar-refractivity contribution in [2.75, 3.05) is 19.6 Å². The quantitative estimate of drug-likeness (QED) is 0.732. The molecule has 6 heteroatoms. The van der Waals surface area contributed by atoms with Gasteiger partial charge in [-0.05, 0) is 50.8 Å². The van der Waals surface area contributed by atoms with Crippen LogP contribution >= 0.6 is 0 Å². The van der Waals surface area contributed by atoms with Crippen LogP contribution in [0.5, 0.6) is 0 Å². The predicted octanol–water partition coefficient (Wildman–Crippen LogP) is 4.11. The minimum absolute atomic E-state index is 0.0179. The molecule has 0 aromatic heterocycles. The highest BCUT2D eigenvalue weighted by Crippen LogP contribution is 2.27. The zero-order valence-electron chi connectivity index (χ0n) is 19.2. The number of benzene rings is 2. The molecule has 1 amide bonds. The molecule has 0 unspecified atom stereocenters. The van der Waals surface area contributed by atoms with Gasteiger partial charge in [0.25, 0.3) is 0 Å². The summed E-state index contributed by atoms with van der Waals surface area (Å²) in [5, 5.41) is 3.10. The monoisotopic (exact) mass is 442 g/mol. The van der Waals surface area contributed by atoms with E-state index >= 15 is 0 Å². The van der Waals surface area contributed by atoms with Crippen LogP contribution in [0.15, 0.2) is 47.4 Å². The van der Waals surface area contributed by atoms with Gasteiger partial charge in [0, 0.05) is 31.0 Å². The van der Waals surface area contributed by atoms with Gasteiger partial charge in [0.2, 0.25) is 15.9 Å². The summed E-state index contributed by atoms with van der Waals surface area (Å²) in [6, 6.07) is 13.8. The normalized spacial score (nSPS) is 16.3. The number of carbonyl (C=O) groups is 1. The van der Waals surface area contributed by atoms with Crippen LogP contribution in [0.2, 0.25) is 0 Å². The van der Waals surface area contributed by atoms with Gasteiger partial charge in [0.15, 0.2) is 0 Å². The highest BCUT2D eigenvalue weighted by Gasteiger charge is 2.33. The third-order valence-electron chi connectivity index (χ3n) is 6.28. The largest absolute Gasteiger partial charge is 0.355 e. The maximum Gasteiger partial charge on any atom is 0.243 e. The van der Waals surface area contributed by atoms with Gasteiger partial charge in [-0.2, -0.15) is 4.31 Å². The van der Waals surface area contributed by atoms with Crippen LogP contribution in [0.25, 0.3) is 0 Å². The van der Waals surface area contributed by atoms with Crippen LogP contribution in [0, 0.1) is 26.7 Å². The first-order valence-corrected chi connectivity index (χ1v) is 12.4. The molecule has 5 nitrogen and oxygen atoms in total. The van der Waals surface area contributed by atoms with Crippen molar-refractivity contribution in [1.82, 2.24) is 9.62 Å². The Morgan fingerprint density at radius 3 is 2.29 bits per heavy atom. The molecular weight excluding hydrogens is 408 g/mol. The third kappa shape index (κ3) is 5.36. The Kier molecular flexibility index (Phi) is 6.92. The summed E-state index contributed by atoms with van der Waals surface area (Å²) in [7, 11) is -3.53. The maximum atomic E-state index is 13.1. The zero-order valence-corrected chi connectivity index (χ0v) is 20.1. The van der Waals surface area contributed by atoms with Gasteiger partial charge in [0.05, 0.1) is 4.90 Å². The van der Waals surface area contributed by atoms with Gasteiger partial charge in [-0.1, -0.05) is 61.4 Å². The summed E-state index contributed by atoms with van der Waals surface area (Å²) in [5.41, 5.74) is 4.03. The number of carbonyl (C=O) groups excluding carboxylic acids is 1. The van der Waals surface area contributed by atoms with Crippen LogP contribution in [0.3, 0.4) is 0 Å². The number of nitrogens with zero attached hydrogens (tertiary/aromatic N) is 1. The van der Waals surface area contributed by atoms with Gasteiger partial charge >= 0.3 is 0 Å². The summed E-state index contributed by atoms with van der Waals surface area (Å²) in [6.07, 6.45) is 1.09. The van der Waals surface area contributed by atoms with Crippen molar-refractivity contribution >= 4 is 15.9 Å². The topological polar surface area (TPSA) is 66.5 Å². The van der Waals surface area contributed by atoms with Crippen LogP contribution in [0.1, 0.15) is 48.9 Å². The van der Waals surface area contributed by atoms with Crippen LogP contribution < -0.4 is 5.32 Å². The van der Waals surface area contributed by atoms with Crippen molar-refractivity contribution in [1.29, 1.82) is 0 Å². The number of hydrogen-bond acceptors (Lipinski definition) is 3. The van der Waals surface area contributed by atoms with E-state index in [0.717, 1.165) is 11.1 Å². The average Bonchev–Trinajstić information content (AvgIpc) is 2.72. The Balaban J connectivity index is 1.58. The van der Waals surface area contributed by atoms with Crippen molar-refractivity contribution < 1.29 is 13.2 Å². The molecule has 1 fully saturated rings. The summed E-state index contributed by atoms with van der Waals surface area (Å²) >= 11 is 0. The van der Waals surface area contributed by atoms with E-state index in [0.29, 0.717) is 37.4 Å². The lowest BCUT2D eigenvalue weighted by atomic mass is 9.83. The molecule has 31 heavy (non-hydrogen) atoms. The number of aryl methyl sites for hydroxylation is 3. The molecule has 1 saturated heterocycles. The second kappa shape index (κ2) is 9.13. The molecule has 3 rings (SSSR count). The van der Waals surface area contributed by atoms with E-state index in [-0.39, 0.29) is 17.2 Å². The summed E-state index contributed by atoms with van der Waals surface area (Å²) in [6.45, 7) is 11.4. The standard InChI is InChI=1S/C25H34N2O3S/c1-18-7-6-8-22(16-18)25(4,5)17-26-24(28)21-11-13-27(14-12-21)31(29,30)23-10-9-19(2)15-20(23)3/h6-10,15-16,21H,11-14,17H2,1-5H3,(H,26,28). The van der Waals surface area contributed by atoms with Crippen LogP contribution in [-0.2, 0) is 20.2 Å². The van der Waals surface area contributed by atoms with E-state index in [1.165, 1.54) is 15.4 Å². The molecule has 0 bridgehead atoms. The van der Waals surface area contributed by atoms with E-state index in [4.69, 9.17) is 0 Å². The number of amides is 1.